The molecule has 2 aliphatic carbocycles. The van der Waals surface area contributed by atoms with Gasteiger partial charge in [-0.3, -0.25) is 38.4 Å². The highest BCUT2D eigenvalue weighted by molar-refractivity contribution is 14.1. The summed E-state index contributed by atoms with van der Waals surface area (Å²) < 4.78 is 77.5. The van der Waals surface area contributed by atoms with Crippen LogP contribution in [0.2, 0.25) is 0 Å². The molecule has 4 aliphatic heterocycles. The number of fused-ring (bicyclic) bond motifs is 2. The molecule has 1 aromatic carbocycles. The molecule has 1 aromatic rings. The van der Waals surface area contributed by atoms with Gasteiger partial charge in [-0.2, -0.15) is 5.48 Å². The van der Waals surface area contributed by atoms with Crippen LogP contribution in [0.1, 0.15) is 176 Å². The molecular weight excluding hydrogens is 1820 g/mol. The Hall–Kier alpha value is -6.47. The summed E-state index contributed by atoms with van der Waals surface area (Å²) in [6, 6.07) is -3.85. The van der Waals surface area contributed by atoms with Crippen LogP contribution in [0, 0.1) is 51.9 Å². The molecule has 4 heterocycles. The molecule has 6 aliphatic rings. The van der Waals surface area contributed by atoms with E-state index in [-0.39, 0.29) is 108 Å². The largest absolute Gasteiger partial charge is 0.492 e. The number of halogens is 1. The lowest BCUT2D eigenvalue weighted by atomic mass is 9.72. The average molecular weight is 1950 g/mol. The van der Waals surface area contributed by atoms with Crippen LogP contribution in [0.4, 0.5) is 9.59 Å². The smallest absolute Gasteiger partial charge is 0.407 e. The number of primary amides is 1. The zero-order chi connectivity index (χ0) is 93.4. The van der Waals surface area contributed by atoms with E-state index in [1.54, 1.807) is 68.4 Å². The van der Waals surface area contributed by atoms with E-state index in [0.717, 1.165) is 40.5 Å². The number of carbonyl (C=O) groups is 9. The normalized spacial score (nSPS) is 29.0. The number of ether oxygens (including phenoxy) is 13. The Kier molecular flexibility index (Phi) is 42.0. The molecule has 40 heteroatoms. The zero-order valence-corrected chi connectivity index (χ0v) is 79.4. The van der Waals surface area contributed by atoms with Gasteiger partial charge in [0.25, 0.3) is 0 Å². The first-order valence-corrected chi connectivity index (χ1v) is 46.5. The standard InChI is InChI=1S/C86H128IN7O29S3/c1-19-89-55-42-115-62(40-60(55)110-14)120-74-69(101)67(94-123-63-39-57(97)76(47(7)116-63)125-79(106)64-44(4)66(87)72(75(114-18)71(64)112-16)121-80-70(102)73(113-17)68(100)46(6)118-80)45(5)117-81(74)119-59-29-22-20-21-24-33-86(109)41-58(98)51(37-61(99)111-15)65(59)52(86)32-36-124-126-85(12,13)53(78(104)105)38-56(96)54(28-26-35-90-82(88)107)93-77(103)50(43(2)3)31-30-49(92-48(8)95)27-23-25-34-91-83(108)122-84(9,10)11/h20-21,32,43,45-47,49-50,53-55,57,59-60,62-63,67-70,73-74,76,80-81,89,94,97,100-102,109H,19,23,25-28,30-31,34-42H2,1-18H3,(H,91,108)(H,92,95)(H,93,103)(H,104,105)(H3,88,90,107)/b21-20-,52-32+/t45-,46+,47-,49+,50+,53-,54+,55+,57+,59+,60+,62+,63+,67-,68+,69+,70-,73-,74-,76-,80+,81+,86+/m1/s1. The summed E-state index contributed by atoms with van der Waals surface area (Å²) in [5.74, 6) is 4.88. The number of carboxylic acid groups (broad SMARTS) is 1. The number of carbonyl (C=O) groups excluding carboxylic acids is 8. The van der Waals surface area contributed by atoms with E-state index >= 15 is 0 Å². The minimum absolute atomic E-state index is 0.00346. The third kappa shape index (κ3) is 29.5. The zero-order valence-electron chi connectivity index (χ0n) is 74.8. The molecule has 7 rings (SSSR count). The average Bonchev–Trinajstić information content (AvgIpc) is 0.756. The van der Waals surface area contributed by atoms with E-state index in [9.17, 15) is 73.8 Å². The predicted octanol–water partition coefficient (Wildman–Crippen LogP) is 5.79. The summed E-state index contributed by atoms with van der Waals surface area (Å²) in [5.41, 5.74) is 5.43. The number of allylic oxidation sites excluding steroid dienone is 2. The Morgan fingerprint density at radius 3 is 2.11 bits per heavy atom. The van der Waals surface area contributed by atoms with Crippen molar-refractivity contribution >= 4 is 108 Å². The van der Waals surface area contributed by atoms with Crippen LogP contribution in [-0.4, -0.2) is 288 Å². The first-order valence-electron chi connectivity index (χ1n) is 42.2. The van der Waals surface area contributed by atoms with Crippen molar-refractivity contribution in [3.05, 3.63) is 49.6 Å². The first-order chi connectivity index (χ1) is 59.5. The van der Waals surface area contributed by atoms with Crippen LogP contribution in [0.15, 0.2) is 34.9 Å². The van der Waals surface area contributed by atoms with Crippen LogP contribution in [-0.2, 0) is 81.0 Å². The predicted molar refractivity (Wildman–Crippen MR) is 474 cm³/mol. The van der Waals surface area contributed by atoms with Gasteiger partial charge in [-0.25, -0.2) is 9.59 Å². The summed E-state index contributed by atoms with van der Waals surface area (Å²) in [5, 5.41) is 83.5. The molecule has 0 saturated carbocycles. The molecule has 126 heavy (non-hydrogen) atoms. The molecule has 4 saturated heterocycles. The number of ketones is 2. The number of benzene rings is 1. The van der Waals surface area contributed by atoms with E-state index < -0.39 is 203 Å². The van der Waals surface area contributed by atoms with E-state index in [1.807, 2.05) is 43.4 Å². The number of unbranched alkanes of at least 4 members (excludes halogenated alkanes) is 1. The van der Waals surface area contributed by atoms with Crippen molar-refractivity contribution in [2.75, 3.05) is 67.5 Å². The molecule has 5 amide bonds. The maximum absolute atomic E-state index is 14.8. The maximum Gasteiger partial charge on any atom is 0.407 e. The third-order valence-corrected chi connectivity index (χ3v) is 28.3. The van der Waals surface area contributed by atoms with Gasteiger partial charge in [0.2, 0.25) is 29.0 Å². The number of hydrogen-bond donors (Lipinski definition) is 13. The molecule has 23 atom stereocenters. The summed E-state index contributed by atoms with van der Waals surface area (Å²) in [4.78, 5) is 128. The van der Waals surface area contributed by atoms with Gasteiger partial charge in [0, 0.05) is 92.7 Å². The Morgan fingerprint density at radius 2 is 1.48 bits per heavy atom. The topological polar surface area (TPSA) is 502 Å². The lowest BCUT2D eigenvalue weighted by Gasteiger charge is -2.46. The highest BCUT2D eigenvalue weighted by atomic mass is 127. The number of alkyl carbamates (subject to hydrolysis) is 1. The van der Waals surface area contributed by atoms with Gasteiger partial charge in [-0.1, -0.05) is 83.9 Å². The molecular formula is C86H128IN7O29S3. The molecule has 0 radical (unpaired) electrons. The lowest BCUT2D eigenvalue weighted by molar-refractivity contribution is -0.336. The van der Waals surface area contributed by atoms with Crippen LogP contribution in [0.25, 0.3) is 0 Å². The third-order valence-electron chi connectivity index (χ3n) is 22.4. The van der Waals surface area contributed by atoms with Gasteiger partial charge in [-0.15, -0.1) is 0 Å². The Bertz CT molecular complexity index is 4140. The van der Waals surface area contributed by atoms with Crippen molar-refractivity contribution in [2.45, 2.75) is 305 Å². The van der Waals surface area contributed by atoms with E-state index in [2.05, 4.69) is 55.7 Å². The summed E-state index contributed by atoms with van der Waals surface area (Å²) >= 11 is 2.77. The van der Waals surface area contributed by atoms with E-state index in [4.69, 9.17) is 72.2 Å². The monoisotopic (exact) mass is 1950 g/mol. The molecule has 4 fully saturated rings. The van der Waals surface area contributed by atoms with E-state index in [1.165, 1.54) is 47.5 Å². The Morgan fingerprint density at radius 1 is 0.794 bits per heavy atom. The number of Topliss-reactive ketones (excluding diaryl/α,β-unsaturated/α-hetero) is 2. The first kappa shape index (κ1) is 107. The number of thioether (sulfide) groups is 1. The number of hydroxylamine groups is 1. The van der Waals surface area contributed by atoms with Gasteiger partial charge in [-0.05, 0) is 160 Å². The minimum atomic E-state index is -2.32. The molecule has 0 unspecified atom stereocenters. The number of urea groups is 1. The quantitative estimate of drug-likeness (QED) is 0.00917. The van der Waals surface area contributed by atoms with Crippen molar-refractivity contribution in [1.29, 1.82) is 0 Å². The number of nitrogens with one attached hydrogen (secondary N) is 6. The van der Waals surface area contributed by atoms with Gasteiger partial charge in [0.1, 0.15) is 42.2 Å². The lowest BCUT2D eigenvalue weighted by Crippen LogP contribution is -2.65. The number of aliphatic hydroxyl groups excluding tert-OH is 4. The highest BCUT2D eigenvalue weighted by Gasteiger charge is 2.53. The number of methoxy groups -OCH3 is 5. The van der Waals surface area contributed by atoms with Crippen molar-refractivity contribution < 1.29 is 140 Å². The molecule has 36 nitrogen and oxygen atoms in total. The number of likely N-dealkylation sites (N-methyl/N-ethyl adjacent to an activating group) is 1. The second-order valence-electron chi connectivity index (χ2n) is 33.6. The van der Waals surface area contributed by atoms with Gasteiger partial charge in [0.15, 0.2) is 47.5 Å². The maximum atomic E-state index is 14.8. The molecule has 0 spiro atoms. The van der Waals surface area contributed by atoms with Crippen LogP contribution in [0.5, 0.6) is 17.2 Å². The Balaban J connectivity index is 1.12. The van der Waals surface area contributed by atoms with Crippen LogP contribution < -0.4 is 52.0 Å². The molecule has 706 valence electrons. The van der Waals surface area contributed by atoms with Crippen LogP contribution in [0.3, 0.4) is 0 Å². The number of amides is 5. The number of aliphatic hydroxyl groups is 5. The Labute approximate surface area is 762 Å². The van der Waals surface area contributed by atoms with Gasteiger partial charge >= 0.3 is 24.1 Å². The fraction of sp³-hybridized carbons (Fsp3) is 0.709. The number of rotatable bonds is 44. The van der Waals surface area contributed by atoms with Crippen molar-refractivity contribution in [2.24, 2.45) is 23.5 Å². The number of nitrogens with two attached hydrogens (primary N) is 1. The SMILES string of the molecule is CCN[C@H]1CO[C@@H](O[C@H]2[C@H](O[C@H]3C#C/C=C\C#C[C@]4(O)CC(=O)C(CC(=O)OC)=C3/C4=C\CSSC(C)(C)[C@H](CC(=O)[C@H](CCCNC(N)=O)NC(=O)[C@@H](CC[C@H](CCCCNC(=O)OC(C)(C)C)NC(C)=O)C(C)C)C(=O)O)O[C@H](C)[C@@H](NO[C@H]3C[C@H](O)[C@H](SC(=O)c4c(C)c(I)c(O[C@@H]5O[C@@H](C)[C@H](O)[C@@H](OC)[C@H]5O)c(OC)c4OC)[C@@H](C)O3)[C@@H]2O)C[C@@H]1OC. The van der Waals surface area contributed by atoms with Crippen molar-refractivity contribution in [3.63, 3.8) is 0 Å². The second-order valence-corrected chi connectivity index (χ2v) is 38.8. The molecule has 0 aromatic heterocycles. The molecule has 2 bridgehead atoms. The number of hydrogen-bond acceptors (Lipinski definition) is 33. The summed E-state index contributed by atoms with van der Waals surface area (Å²) in [6.45, 7) is 23.1. The number of esters is 1. The van der Waals surface area contributed by atoms with Gasteiger partial charge < -0.3 is 125 Å². The number of carboxylic acids is 1. The second kappa shape index (κ2) is 49.7. The minimum Gasteiger partial charge on any atom is -0.492 e. The van der Waals surface area contributed by atoms with Crippen molar-refractivity contribution in [1.82, 2.24) is 32.1 Å². The summed E-state index contributed by atoms with van der Waals surface area (Å²) in [6.07, 6.45) is -14.0. The highest BCUT2D eigenvalue weighted by Crippen LogP contribution is 2.50. The van der Waals surface area contributed by atoms with Crippen LogP contribution >= 0.6 is 55.9 Å². The fourth-order valence-corrected chi connectivity index (χ4v) is 20.0. The van der Waals surface area contributed by atoms with Crippen molar-refractivity contribution in [3.8, 4) is 40.9 Å². The summed E-state index contributed by atoms with van der Waals surface area (Å²) in [7, 11) is 8.88. The fourth-order valence-electron chi connectivity index (χ4n) is 15.7. The van der Waals surface area contributed by atoms with Gasteiger partial charge in [0.05, 0.1) is 110 Å². The van der Waals surface area contributed by atoms with E-state index in [0.29, 0.717) is 54.3 Å². The number of aliphatic carboxylic acids is 1. The molecule has 14 N–H and O–H groups in total.